The van der Waals surface area contributed by atoms with Crippen LogP contribution in [0, 0.1) is 5.82 Å². The molecule has 0 aliphatic carbocycles. The molecule has 0 bridgehead atoms. The van der Waals surface area contributed by atoms with Gasteiger partial charge in [-0.2, -0.15) is 0 Å². The fourth-order valence-corrected chi connectivity index (χ4v) is 2.00. The van der Waals surface area contributed by atoms with Crippen LogP contribution in [0.5, 0.6) is 11.5 Å². The maximum atomic E-state index is 12.9. The third-order valence-electron chi connectivity index (χ3n) is 3.19. The summed E-state index contributed by atoms with van der Waals surface area (Å²) in [5, 5.41) is 0. The van der Waals surface area contributed by atoms with E-state index in [2.05, 4.69) is 0 Å². The molecule has 2 rings (SSSR count). The van der Waals surface area contributed by atoms with E-state index in [4.69, 9.17) is 14.2 Å². The molecule has 0 heterocycles. The molecule has 4 nitrogen and oxygen atoms in total. The number of rotatable bonds is 7. The minimum absolute atomic E-state index is 0.283. The van der Waals surface area contributed by atoms with Crippen LogP contribution in [0.1, 0.15) is 18.1 Å². The molecule has 0 atom stereocenters. The van der Waals surface area contributed by atoms with E-state index < -0.39 is 5.97 Å². The van der Waals surface area contributed by atoms with E-state index in [1.807, 2.05) is 0 Å². The van der Waals surface area contributed by atoms with E-state index in [0.717, 1.165) is 11.1 Å². The summed E-state index contributed by atoms with van der Waals surface area (Å²) in [5.74, 6) is 0.431. The van der Waals surface area contributed by atoms with Crippen LogP contribution in [0.4, 0.5) is 4.39 Å². The predicted octanol–water partition coefficient (Wildman–Crippen LogP) is 3.99. The lowest BCUT2D eigenvalue weighted by Crippen LogP contribution is -1.99. The lowest BCUT2D eigenvalue weighted by molar-refractivity contribution is -0.137. The van der Waals surface area contributed by atoms with Crippen molar-refractivity contribution in [1.82, 2.24) is 0 Å². The van der Waals surface area contributed by atoms with E-state index in [-0.39, 0.29) is 5.82 Å². The van der Waals surface area contributed by atoms with Crippen molar-refractivity contribution in [2.45, 2.75) is 13.5 Å². The summed E-state index contributed by atoms with van der Waals surface area (Å²) >= 11 is 0. The van der Waals surface area contributed by atoms with Crippen LogP contribution >= 0.6 is 0 Å². The van der Waals surface area contributed by atoms with Crippen LogP contribution < -0.4 is 9.47 Å². The molecule has 0 saturated carbocycles. The highest BCUT2D eigenvalue weighted by Crippen LogP contribution is 2.29. The van der Waals surface area contributed by atoms with Gasteiger partial charge in [0.15, 0.2) is 11.5 Å². The number of benzene rings is 2. The van der Waals surface area contributed by atoms with E-state index >= 15 is 0 Å². The first-order chi connectivity index (χ1) is 11.6. The molecule has 0 spiro atoms. The zero-order valence-corrected chi connectivity index (χ0v) is 13.6. The first-order valence-corrected chi connectivity index (χ1v) is 7.52. The zero-order valence-electron chi connectivity index (χ0n) is 13.6. The molecule has 126 valence electrons. The molecule has 0 N–H and O–H groups in total. The van der Waals surface area contributed by atoms with Gasteiger partial charge in [-0.25, -0.2) is 9.18 Å². The summed E-state index contributed by atoms with van der Waals surface area (Å²) in [7, 11) is 1.54. The summed E-state index contributed by atoms with van der Waals surface area (Å²) in [6, 6.07) is 11.4. The van der Waals surface area contributed by atoms with Gasteiger partial charge < -0.3 is 14.2 Å². The molecule has 0 aliphatic rings. The van der Waals surface area contributed by atoms with Crippen molar-refractivity contribution in [3.63, 3.8) is 0 Å². The first-order valence-electron chi connectivity index (χ1n) is 7.52. The Kier molecular flexibility index (Phi) is 6.37. The van der Waals surface area contributed by atoms with Gasteiger partial charge in [0.25, 0.3) is 0 Å². The molecule has 0 unspecified atom stereocenters. The SMILES string of the molecule is CCOC(=O)/C=C/c1ccc(OCc2ccc(F)cc2)c(OC)c1. The van der Waals surface area contributed by atoms with Crippen molar-refractivity contribution in [1.29, 1.82) is 0 Å². The first kappa shape index (κ1) is 17.5. The molecule has 0 fully saturated rings. The molecule has 0 aromatic heterocycles. The highest BCUT2D eigenvalue weighted by Gasteiger charge is 2.06. The Morgan fingerprint density at radius 1 is 1.12 bits per heavy atom. The fraction of sp³-hybridized carbons (Fsp3) is 0.211. The average molecular weight is 330 g/mol. The standard InChI is InChI=1S/C19H19FO4/c1-3-23-19(21)11-7-14-6-10-17(18(12-14)22-2)24-13-15-4-8-16(20)9-5-15/h4-12H,3,13H2,1-2H3/b11-7+. The third-order valence-corrected chi connectivity index (χ3v) is 3.19. The van der Waals surface area contributed by atoms with Gasteiger partial charge in [-0.15, -0.1) is 0 Å². The lowest BCUT2D eigenvalue weighted by atomic mass is 10.2. The lowest BCUT2D eigenvalue weighted by Gasteiger charge is -2.11. The Balaban J connectivity index is 2.05. The summed E-state index contributed by atoms with van der Waals surface area (Å²) in [6.45, 7) is 2.39. The summed E-state index contributed by atoms with van der Waals surface area (Å²) in [4.78, 5) is 11.3. The Bertz CT molecular complexity index is 708. The second kappa shape index (κ2) is 8.72. The van der Waals surface area contributed by atoms with Crippen LogP contribution in [0.2, 0.25) is 0 Å². The van der Waals surface area contributed by atoms with Gasteiger partial charge in [-0.05, 0) is 48.4 Å². The van der Waals surface area contributed by atoms with Crippen molar-refractivity contribution in [2.75, 3.05) is 13.7 Å². The van der Waals surface area contributed by atoms with Gasteiger partial charge >= 0.3 is 5.97 Å². The quantitative estimate of drug-likeness (QED) is 0.569. The summed E-state index contributed by atoms with van der Waals surface area (Å²) in [6.07, 6.45) is 3.00. The number of carbonyl (C=O) groups is 1. The average Bonchev–Trinajstić information content (AvgIpc) is 2.60. The number of ether oxygens (including phenoxy) is 3. The molecular formula is C19H19FO4. The monoisotopic (exact) mass is 330 g/mol. The summed E-state index contributed by atoms with van der Waals surface area (Å²) < 4.78 is 28.7. The number of hydrogen-bond donors (Lipinski definition) is 0. The molecule has 2 aromatic rings. The Hall–Kier alpha value is -2.82. The van der Waals surface area contributed by atoms with Crippen molar-refractivity contribution in [3.05, 3.63) is 65.5 Å². The predicted molar refractivity (Wildman–Crippen MR) is 89.4 cm³/mol. The minimum atomic E-state index is -0.395. The number of halogens is 1. The van der Waals surface area contributed by atoms with Gasteiger partial charge in [0, 0.05) is 6.08 Å². The molecule has 5 heteroatoms. The van der Waals surface area contributed by atoms with Crippen LogP contribution in [0.3, 0.4) is 0 Å². The van der Waals surface area contributed by atoms with Crippen molar-refractivity contribution >= 4 is 12.0 Å². The van der Waals surface area contributed by atoms with Gasteiger partial charge in [0.2, 0.25) is 0 Å². The van der Waals surface area contributed by atoms with Crippen LogP contribution in [0.25, 0.3) is 6.08 Å². The second-order valence-electron chi connectivity index (χ2n) is 4.91. The van der Waals surface area contributed by atoms with Crippen LogP contribution in [0.15, 0.2) is 48.5 Å². The maximum Gasteiger partial charge on any atom is 0.330 e. The molecule has 0 radical (unpaired) electrons. The highest BCUT2D eigenvalue weighted by atomic mass is 19.1. The van der Waals surface area contributed by atoms with Gasteiger partial charge in [0.05, 0.1) is 13.7 Å². The number of methoxy groups -OCH3 is 1. The van der Waals surface area contributed by atoms with E-state index in [0.29, 0.717) is 24.7 Å². The smallest absolute Gasteiger partial charge is 0.330 e. The normalized spacial score (nSPS) is 10.6. The van der Waals surface area contributed by atoms with E-state index in [9.17, 15) is 9.18 Å². The Morgan fingerprint density at radius 2 is 1.88 bits per heavy atom. The van der Waals surface area contributed by atoms with Gasteiger partial charge in [-0.1, -0.05) is 18.2 Å². The summed E-state index contributed by atoms with van der Waals surface area (Å²) in [5.41, 5.74) is 1.64. The maximum absolute atomic E-state index is 12.9. The topological polar surface area (TPSA) is 44.8 Å². The number of carbonyl (C=O) groups excluding carboxylic acids is 1. The molecule has 2 aromatic carbocycles. The second-order valence-corrected chi connectivity index (χ2v) is 4.91. The van der Waals surface area contributed by atoms with E-state index in [1.54, 1.807) is 50.4 Å². The Morgan fingerprint density at radius 3 is 2.54 bits per heavy atom. The van der Waals surface area contributed by atoms with Crippen LogP contribution in [-0.2, 0) is 16.1 Å². The molecular weight excluding hydrogens is 311 g/mol. The minimum Gasteiger partial charge on any atom is -0.493 e. The largest absolute Gasteiger partial charge is 0.493 e. The molecule has 0 amide bonds. The fourth-order valence-electron chi connectivity index (χ4n) is 2.00. The van der Waals surface area contributed by atoms with Crippen molar-refractivity contribution < 1.29 is 23.4 Å². The zero-order chi connectivity index (χ0) is 17.4. The van der Waals surface area contributed by atoms with Crippen molar-refractivity contribution in [2.24, 2.45) is 0 Å². The van der Waals surface area contributed by atoms with Crippen molar-refractivity contribution in [3.8, 4) is 11.5 Å². The molecule has 24 heavy (non-hydrogen) atoms. The Labute approximate surface area is 140 Å². The van der Waals surface area contributed by atoms with E-state index in [1.165, 1.54) is 18.2 Å². The number of esters is 1. The van der Waals surface area contributed by atoms with Gasteiger partial charge in [-0.3, -0.25) is 0 Å². The molecule has 0 saturated heterocycles. The van der Waals surface area contributed by atoms with Gasteiger partial charge in [0.1, 0.15) is 12.4 Å². The molecule has 0 aliphatic heterocycles. The third kappa shape index (κ3) is 5.12. The highest BCUT2D eigenvalue weighted by molar-refractivity contribution is 5.87. The number of hydrogen-bond acceptors (Lipinski definition) is 4. The van der Waals surface area contributed by atoms with Crippen LogP contribution in [-0.4, -0.2) is 19.7 Å².